The molecule has 1 aliphatic heterocycles. The number of hydrogen-bond acceptors (Lipinski definition) is 3. The Morgan fingerprint density at radius 1 is 1.31 bits per heavy atom. The normalized spacial score (nSPS) is 17.6. The lowest BCUT2D eigenvalue weighted by Crippen LogP contribution is -2.40. The van der Waals surface area contributed by atoms with Gasteiger partial charge in [-0.25, -0.2) is 9.37 Å². The van der Waals surface area contributed by atoms with Gasteiger partial charge in [-0.1, -0.05) is 18.2 Å². The van der Waals surface area contributed by atoms with Gasteiger partial charge in [-0.2, -0.15) is 0 Å². The van der Waals surface area contributed by atoms with Crippen molar-refractivity contribution in [3.8, 4) is 5.75 Å². The third-order valence-corrected chi connectivity index (χ3v) is 4.94. The maximum absolute atomic E-state index is 13.5. The van der Waals surface area contributed by atoms with Gasteiger partial charge in [0.15, 0.2) is 11.6 Å². The smallest absolute Gasteiger partial charge is 0.227 e. The first-order valence-corrected chi connectivity index (χ1v) is 8.80. The van der Waals surface area contributed by atoms with E-state index in [9.17, 15) is 14.3 Å². The number of H-pyrrole nitrogens is 1. The van der Waals surface area contributed by atoms with Gasteiger partial charge >= 0.3 is 0 Å². The van der Waals surface area contributed by atoms with Crippen molar-refractivity contribution >= 4 is 16.9 Å². The summed E-state index contributed by atoms with van der Waals surface area (Å²) in [5, 5.41) is 9.27. The van der Waals surface area contributed by atoms with Gasteiger partial charge < -0.3 is 15.0 Å². The molecule has 6 heteroatoms. The molecule has 0 spiro atoms. The number of benzene rings is 2. The summed E-state index contributed by atoms with van der Waals surface area (Å²) in [4.78, 5) is 22.5. The number of hydrogen-bond donors (Lipinski definition) is 2. The number of para-hydroxylation sites is 2. The van der Waals surface area contributed by atoms with Crippen molar-refractivity contribution < 1.29 is 14.3 Å². The number of piperidine rings is 1. The molecule has 1 atom stereocenters. The molecule has 0 aliphatic carbocycles. The molecule has 1 aromatic heterocycles. The quantitative estimate of drug-likeness (QED) is 0.759. The molecule has 134 valence electrons. The zero-order chi connectivity index (χ0) is 18.1. The average Bonchev–Trinajstić information content (AvgIpc) is 3.09. The largest absolute Gasteiger partial charge is 0.505 e. The highest BCUT2D eigenvalue weighted by molar-refractivity contribution is 5.79. The van der Waals surface area contributed by atoms with Gasteiger partial charge in [0.2, 0.25) is 5.91 Å². The van der Waals surface area contributed by atoms with E-state index in [0.717, 1.165) is 29.7 Å². The van der Waals surface area contributed by atoms with Crippen molar-refractivity contribution in [2.75, 3.05) is 13.1 Å². The predicted molar refractivity (Wildman–Crippen MR) is 96.4 cm³/mol. The van der Waals surface area contributed by atoms with Crippen LogP contribution < -0.4 is 0 Å². The van der Waals surface area contributed by atoms with Crippen molar-refractivity contribution in [2.24, 2.45) is 0 Å². The molecule has 1 fully saturated rings. The van der Waals surface area contributed by atoms with Crippen LogP contribution in [0, 0.1) is 5.82 Å². The van der Waals surface area contributed by atoms with E-state index in [1.807, 2.05) is 29.2 Å². The van der Waals surface area contributed by atoms with Crippen molar-refractivity contribution in [1.29, 1.82) is 0 Å². The first-order chi connectivity index (χ1) is 12.6. The number of aromatic nitrogens is 2. The number of imidazole rings is 1. The van der Waals surface area contributed by atoms with Crippen LogP contribution in [0.2, 0.25) is 0 Å². The van der Waals surface area contributed by atoms with Crippen LogP contribution in [0.3, 0.4) is 0 Å². The first kappa shape index (κ1) is 16.6. The number of phenolic OH excluding ortho intramolecular Hbond substituents is 1. The van der Waals surface area contributed by atoms with E-state index >= 15 is 0 Å². The molecule has 5 nitrogen and oxygen atoms in total. The molecular formula is C20H20FN3O2. The summed E-state index contributed by atoms with van der Waals surface area (Å²) in [5.74, 6) is -0.0369. The van der Waals surface area contributed by atoms with Crippen LogP contribution in [0.15, 0.2) is 42.5 Å². The second kappa shape index (κ2) is 6.78. The Kier molecular flexibility index (Phi) is 4.32. The Hall–Kier alpha value is -2.89. The Labute approximate surface area is 150 Å². The van der Waals surface area contributed by atoms with E-state index in [1.165, 1.54) is 12.1 Å². The summed E-state index contributed by atoms with van der Waals surface area (Å²) in [5.41, 5.74) is 2.51. The molecule has 26 heavy (non-hydrogen) atoms. The highest BCUT2D eigenvalue weighted by atomic mass is 19.1. The fourth-order valence-corrected chi connectivity index (χ4v) is 3.54. The number of amides is 1. The molecule has 3 aromatic rings. The van der Waals surface area contributed by atoms with Crippen LogP contribution in [-0.2, 0) is 11.2 Å². The van der Waals surface area contributed by atoms with Crippen LogP contribution in [0.4, 0.5) is 4.39 Å². The number of nitrogens with zero attached hydrogens (tertiary/aromatic N) is 2. The molecule has 2 aromatic carbocycles. The van der Waals surface area contributed by atoms with Crippen LogP contribution in [-0.4, -0.2) is 39.0 Å². The molecule has 0 bridgehead atoms. The van der Waals surface area contributed by atoms with Crippen molar-refractivity contribution in [1.82, 2.24) is 14.9 Å². The first-order valence-electron chi connectivity index (χ1n) is 8.80. The van der Waals surface area contributed by atoms with E-state index in [0.29, 0.717) is 18.7 Å². The number of aromatic hydroxyl groups is 1. The maximum Gasteiger partial charge on any atom is 0.227 e. The number of nitrogens with one attached hydrogen (secondary N) is 1. The number of rotatable bonds is 3. The summed E-state index contributed by atoms with van der Waals surface area (Å²) < 4.78 is 13.5. The average molecular weight is 353 g/mol. The maximum atomic E-state index is 13.5. The Bertz CT molecular complexity index is 920. The SMILES string of the molecule is O=C(Cc1ccc(O)c(F)c1)N1CCC[C@@H](c2nc3ccccc3[nH]2)C1. The molecule has 2 heterocycles. The standard InChI is InChI=1S/C20H20FN3O2/c21-15-10-13(7-8-18(15)25)11-19(26)24-9-3-4-14(12-24)20-22-16-5-1-2-6-17(16)23-20/h1-2,5-8,10,14,25H,3-4,9,11-12H2,(H,22,23)/t14-/m1/s1. The molecule has 0 unspecified atom stereocenters. The lowest BCUT2D eigenvalue weighted by Gasteiger charge is -2.32. The summed E-state index contributed by atoms with van der Waals surface area (Å²) in [6, 6.07) is 12.0. The summed E-state index contributed by atoms with van der Waals surface area (Å²) >= 11 is 0. The summed E-state index contributed by atoms with van der Waals surface area (Å²) in [6.45, 7) is 1.31. The van der Waals surface area contributed by atoms with Crippen LogP contribution >= 0.6 is 0 Å². The van der Waals surface area contributed by atoms with Crippen molar-refractivity contribution in [3.63, 3.8) is 0 Å². The monoisotopic (exact) mass is 353 g/mol. The van der Waals surface area contributed by atoms with Gasteiger partial charge in [-0.3, -0.25) is 4.79 Å². The highest BCUT2D eigenvalue weighted by Gasteiger charge is 2.26. The molecule has 4 rings (SSSR count). The molecule has 1 aliphatic rings. The second-order valence-corrected chi connectivity index (χ2v) is 6.78. The molecule has 0 saturated carbocycles. The molecule has 0 radical (unpaired) electrons. The minimum atomic E-state index is -0.700. The number of halogens is 1. The third-order valence-electron chi connectivity index (χ3n) is 4.94. The third kappa shape index (κ3) is 3.27. The Balaban J connectivity index is 1.47. The Morgan fingerprint density at radius 2 is 2.15 bits per heavy atom. The van der Waals surface area contributed by atoms with Gasteiger partial charge in [-0.05, 0) is 42.7 Å². The number of fused-ring (bicyclic) bond motifs is 1. The van der Waals surface area contributed by atoms with E-state index in [-0.39, 0.29) is 18.2 Å². The Morgan fingerprint density at radius 3 is 2.96 bits per heavy atom. The lowest BCUT2D eigenvalue weighted by molar-refractivity contribution is -0.131. The predicted octanol–water partition coefficient (Wildman–Crippen LogP) is 3.36. The van der Waals surface area contributed by atoms with E-state index < -0.39 is 11.6 Å². The van der Waals surface area contributed by atoms with E-state index in [4.69, 9.17) is 0 Å². The van der Waals surface area contributed by atoms with E-state index in [1.54, 1.807) is 6.07 Å². The van der Waals surface area contributed by atoms with Gasteiger partial charge in [0.05, 0.1) is 17.5 Å². The number of carbonyl (C=O) groups is 1. The molecule has 1 amide bonds. The lowest BCUT2D eigenvalue weighted by atomic mass is 9.96. The molecule has 1 saturated heterocycles. The van der Waals surface area contributed by atoms with Gasteiger partial charge in [-0.15, -0.1) is 0 Å². The van der Waals surface area contributed by atoms with Crippen LogP contribution in [0.25, 0.3) is 11.0 Å². The zero-order valence-corrected chi connectivity index (χ0v) is 14.3. The molecule has 2 N–H and O–H groups in total. The van der Waals surface area contributed by atoms with Crippen molar-refractivity contribution in [3.05, 3.63) is 59.7 Å². The fourth-order valence-electron chi connectivity index (χ4n) is 3.54. The minimum Gasteiger partial charge on any atom is -0.505 e. The minimum absolute atomic E-state index is 0.0316. The number of aromatic amines is 1. The number of carbonyl (C=O) groups excluding carboxylic acids is 1. The zero-order valence-electron chi connectivity index (χ0n) is 14.3. The molecular weight excluding hydrogens is 333 g/mol. The highest BCUT2D eigenvalue weighted by Crippen LogP contribution is 2.27. The van der Waals surface area contributed by atoms with E-state index in [2.05, 4.69) is 9.97 Å². The van der Waals surface area contributed by atoms with Gasteiger partial charge in [0.1, 0.15) is 5.82 Å². The fraction of sp³-hybridized carbons (Fsp3) is 0.300. The topological polar surface area (TPSA) is 69.2 Å². The number of phenols is 1. The van der Waals surface area contributed by atoms with Crippen molar-refractivity contribution in [2.45, 2.75) is 25.2 Å². The van der Waals surface area contributed by atoms with Gasteiger partial charge in [0, 0.05) is 19.0 Å². The summed E-state index contributed by atoms with van der Waals surface area (Å²) in [7, 11) is 0. The van der Waals surface area contributed by atoms with Gasteiger partial charge in [0.25, 0.3) is 0 Å². The number of likely N-dealkylation sites (tertiary alicyclic amines) is 1. The van der Waals surface area contributed by atoms with Crippen LogP contribution in [0.1, 0.15) is 30.1 Å². The second-order valence-electron chi connectivity index (χ2n) is 6.78. The summed E-state index contributed by atoms with van der Waals surface area (Å²) in [6.07, 6.45) is 2.03. The van der Waals surface area contributed by atoms with Crippen LogP contribution in [0.5, 0.6) is 5.75 Å².